The molecule has 2 aromatic rings. The van der Waals surface area contributed by atoms with E-state index < -0.39 is 6.10 Å². The standard InChI is InChI=1S/C17H19FN4O2/c1-3-22-10-13(11(2)20-22)9-19-17(23)16-8-15(21-24-16)12-4-6-14(18)7-5-12/h4-7,10,16H,3,8-9H2,1-2H3,(H,19,23). The molecule has 6 nitrogen and oxygen atoms in total. The van der Waals surface area contributed by atoms with E-state index >= 15 is 0 Å². The number of oxime groups is 1. The summed E-state index contributed by atoms with van der Waals surface area (Å²) in [5.74, 6) is -0.532. The van der Waals surface area contributed by atoms with Gasteiger partial charge in [0, 0.05) is 31.3 Å². The van der Waals surface area contributed by atoms with E-state index in [0.29, 0.717) is 18.7 Å². The lowest BCUT2D eigenvalue weighted by Gasteiger charge is -2.09. The minimum Gasteiger partial charge on any atom is -0.382 e. The van der Waals surface area contributed by atoms with Crippen LogP contribution in [0.4, 0.5) is 4.39 Å². The van der Waals surface area contributed by atoms with Gasteiger partial charge in [-0.2, -0.15) is 5.10 Å². The smallest absolute Gasteiger partial charge is 0.264 e. The van der Waals surface area contributed by atoms with E-state index in [1.807, 2.05) is 24.7 Å². The Morgan fingerprint density at radius 3 is 2.83 bits per heavy atom. The summed E-state index contributed by atoms with van der Waals surface area (Å²) in [4.78, 5) is 17.5. The van der Waals surface area contributed by atoms with Crippen LogP contribution in [0.25, 0.3) is 0 Å². The first-order valence-corrected chi connectivity index (χ1v) is 7.86. The highest BCUT2D eigenvalue weighted by Gasteiger charge is 2.28. The molecule has 1 aromatic carbocycles. The number of amides is 1. The van der Waals surface area contributed by atoms with Crippen molar-refractivity contribution in [2.75, 3.05) is 0 Å². The molecule has 2 heterocycles. The number of nitrogens with zero attached hydrogens (tertiary/aromatic N) is 3. The van der Waals surface area contributed by atoms with Crippen molar-refractivity contribution in [3.63, 3.8) is 0 Å². The summed E-state index contributed by atoms with van der Waals surface area (Å²) in [5.41, 5.74) is 3.27. The van der Waals surface area contributed by atoms with Crippen LogP contribution in [0.5, 0.6) is 0 Å². The van der Waals surface area contributed by atoms with Crippen molar-refractivity contribution in [2.24, 2.45) is 5.16 Å². The molecule has 1 aliphatic heterocycles. The van der Waals surface area contributed by atoms with Crippen molar-refractivity contribution in [3.05, 3.63) is 53.1 Å². The van der Waals surface area contributed by atoms with Gasteiger partial charge in [-0.15, -0.1) is 0 Å². The molecule has 0 fully saturated rings. The Kier molecular flexibility index (Phi) is 4.59. The zero-order valence-electron chi connectivity index (χ0n) is 13.6. The average Bonchev–Trinajstić information content (AvgIpc) is 3.20. The Bertz CT molecular complexity index is 767. The van der Waals surface area contributed by atoms with Crippen LogP contribution in [0.1, 0.15) is 30.2 Å². The van der Waals surface area contributed by atoms with E-state index in [0.717, 1.165) is 23.4 Å². The molecular weight excluding hydrogens is 311 g/mol. The van der Waals surface area contributed by atoms with Gasteiger partial charge in [-0.05, 0) is 31.5 Å². The van der Waals surface area contributed by atoms with Crippen LogP contribution < -0.4 is 5.32 Å². The second-order valence-electron chi connectivity index (χ2n) is 5.66. The topological polar surface area (TPSA) is 68.5 Å². The van der Waals surface area contributed by atoms with Gasteiger partial charge in [0.15, 0.2) is 0 Å². The summed E-state index contributed by atoms with van der Waals surface area (Å²) in [6.45, 7) is 5.11. The molecule has 0 saturated heterocycles. The quantitative estimate of drug-likeness (QED) is 0.913. The van der Waals surface area contributed by atoms with Crippen molar-refractivity contribution in [1.29, 1.82) is 0 Å². The van der Waals surface area contributed by atoms with Crippen LogP contribution in [0, 0.1) is 12.7 Å². The molecule has 126 valence electrons. The van der Waals surface area contributed by atoms with E-state index in [9.17, 15) is 9.18 Å². The fraction of sp³-hybridized carbons (Fsp3) is 0.353. The third-order valence-corrected chi connectivity index (χ3v) is 3.96. The van der Waals surface area contributed by atoms with Gasteiger partial charge in [0.1, 0.15) is 5.82 Å². The number of carbonyl (C=O) groups excluding carboxylic acids is 1. The molecule has 1 aliphatic rings. The number of rotatable bonds is 5. The van der Waals surface area contributed by atoms with E-state index in [4.69, 9.17) is 4.84 Å². The molecule has 1 aromatic heterocycles. The predicted octanol–water partition coefficient (Wildman–Crippen LogP) is 2.16. The lowest BCUT2D eigenvalue weighted by atomic mass is 10.0. The van der Waals surface area contributed by atoms with Crippen LogP contribution in [0.3, 0.4) is 0 Å². The highest BCUT2D eigenvalue weighted by molar-refractivity contribution is 6.04. The maximum absolute atomic E-state index is 13.0. The molecule has 1 N–H and O–H groups in total. The highest BCUT2D eigenvalue weighted by atomic mass is 19.1. The molecule has 3 rings (SSSR count). The molecule has 1 amide bonds. The molecule has 0 aliphatic carbocycles. The monoisotopic (exact) mass is 330 g/mol. The normalized spacial score (nSPS) is 16.6. The van der Waals surface area contributed by atoms with E-state index in [2.05, 4.69) is 15.6 Å². The Balaban J connectivity index is 1.55. The fourth-order valence-corrected chi connectivity index (χ4v) is 2.52. The lowest BCUT2D eigenvalue weighted by Crippen LogP contribution is -2.34. The Hall–Kier alpha value is -2.70. The third kappa shape index (κ3) is 3.45. The summed E-state index contributed by atoms with van der Waals surface area (Å²) in [7, 11) is 0. The molecule has 1 atom stereocenters. The fourth-order valence-electron chi connectivity index (χ4n) is 2.52. The molecule has 1 unspecified atom stereocenters. The number of halogens is 1. The maximum atomic E-state index is 13.0. The Morgan fingerprint density at radius 1 is 1.42 bits per heavy atom. The predicted molar refractivity (Wildman–Crippen MR) is 86.9 cm³/mol. The number of hydrogen-bond acceptors (Lipinski definition) is 4. The molecule has 0 spiro atoms. The molecule has 0 bridgehead atoms. The van der Waals surface area contributed by atoms with Gasteiger partial charge in [0.25, 0.3) is 5.91 Å². The highest BCUT2D eigenvalue weighted by Crippen LogP contribution is 2.17. The van der Waals surface area contributed by atoms with Gasteiger partial charge < -0.3 is 10.2 Å². The van der Waals surface area contributed by atoms with Gasteiger partial charge in [0.2, 0.25) is 6.10 Å². The number of carbonyl (C=O) groups is 1. The van der Waals surface area contributed by atoms with Gasteiger partial charge in [-0.3, -0.25) is 9.48 Å². The SMILES string of the molecule is CCn1cc(CNC(=O)C2CC(c3ccc(F)cc3)=NO2)c(C)n1. The van der Waals surface area contributed by atoms with Gasteiger partial charge in [-0.25, -0.2) is 4.39 Å². The number of nitrogens with one attached hydrogen (secondary N) is 1. The largest absolute Gasteiger partial charge is 0.382 e. The lowest BCUT2D eigenvalue weighted by molar-refractivity contribution is -0.131. The first kappa shape index (κ1) is 16.2. The molecule has 24 heavy (non-hydrogen) atoms. The van der Waals surface area contributed by atoms with Gasteiger partial charge >= 0.3 is 0 Å². The summed E-state index contributed by atoms with van der Waals surface area (Å²) in [6.07, 6.45) is 1.63. The number of aromatic nitrogens is 2. The van der Waals surface area contributed by atoms with Crippen molar-refractivity contribution >= 4 is 11.6 Å². The first-order chi connectivity index (χ1) is 11.6. The van der Waals surface area contributed by atoms with Crippen molar-refractivity contribution in [3.8, 4) is 0 Å². The van der Waals surface area contributed by atoms with Crippen LogP contribution >= 0.6 is 0 Å². The molecule has 7 heteroatoms. The molecule has 0 radical (unpaired) electrons. The van der Waals surface area contributed by atoms with Gasteiger partial charge in [0.05, 0.1) is 11.4 Å². The zero-order valence-corrected chi connectivity index (χ0v) is 13.6. The second-order valence-corrected chi connectivity index (χ2v) is 5.66. The van der Waals surface area contributed by atoms with E-state index in [-0.39, 0.29) is 11.7 Å². The van der Waals surface area contributed by atoms with Crippen molar-refractivity contribution in [1.82, 2.24) is 15.1 Å². The number of hydrogen-bond donors (Lipinski definition) is 1. The minimum atomic E-state index is -0.661. The number of aryl methyl sites for hydroxylation is 2. The van der Waals surface area contributed by atoms with E-state index in [1.54, 1.807) is 12.1 Å². The summed E-state index contributed by atoms with van der Waals surface area (Å²) in [6, 6.07) is 5.97. The molecule has 0 saturated carbocycles. The zero-order chi connectivity index (χ0) is 17.1. The third-order valence-electron chi connectivity index (χ3n) is 3.96. The van der Waals surface area contributed by atoms with Crippen molar-refractivity contribution in [2.45, 2.75) is 39.5 Å². The maximum Gasteiger partial charge on any atom is 0.264 e. The summed E-state index contributed by atoms with van der Waals surface area (Å²) < 4.78 is 14.8. The van der Waals surface area contributed by atoms with Crippen LogP contribution in [-0.2, 0) is 22.7 Å². The Labute approximate surface area is 139 Å². The second kappa shape index (κ2) is 6.82. The van der Waals surface area contributed by atoms with Gasteiger partial charge in [-0.1, -0.05) is 17.3 Å². The molecular formula is C17H19FN4O2. The van der Waals surface area contributed by atoms with Crippen molar-refractivity contribution < 1.29 is 14.0 Å². The van der Waals surface area contributed by atoms with Crippen LogP contribution in [-0.4, -0.2) is 27.5 Å². The number of benzene rings is 1. The average molecular weight is 330 g/mol. The van der Waals surface area contributed by atoms with E-state index in [1.165, 1.54) is 12.1 Å². The van der Waals surface area contributed by atoms with Crippen LogP contribution in [0.15, 0.2) is 35.6 Å². The summed E-state index contributed by atoms with van der Waals surface area (Å²) in [5, 5.41) is 11.1. The minimum absolute atomic E-state index is 0.223. The summed E-state index contributed by atoms with van der Waals surface area (Å²) >= 11 is 0. The first-order valence-electron chi connectivity index (χ1n) is 7.86. The van der Waals surface area contributed by atoms with Crippen LogP contribution in [0.2, 0.25) is 0 Å². The Morgan fingerprint density at radius 2 is 2.17 bits per heavy atom.